The molecule has 0 aromatic carbocycles. The van der Waals surface area contributed by atoms with Crippen molar-refractivity contribution < 1.29 is 4.79 Å². The van der Waals surface area contributed by atoms with Gasteiger partial charge in [0.1, 0.15) is 0 Å². The van der Waals surface area contributed by atoms with Crippen LogP contribution < -0.4 is 5.32 Å². The molecule has 4 heteroatoms. The Kier molecular flexibility index (Phi) is 9.24. The van der Waals surface area contributed by atoms with E-state index in [4.69, 9.17) is 0 Å². The first-order valence-electron chi connectivity index (χ1n) is 6.47. The second-order valence-corrected chi connectivity index (χ2v) is 3.76. The van der Waals surface area contributed by atoms with E-state index >= 15 is 0 Å². The largest absolute Gasteiger partial charge is 0.316 e. The van der Waals surface area contributed by atoms with Crippen molar-refractivity contribution in [3.63, 3.8) is 0 Å². The van der Waals surface area contributed by atoms with Gasteiger partial charge < -0.3 is 5.32 Å². The van der Waals surface area contributed by atoms with E-state index in [2.05, 4.69) is 38.0 Å². The fraction of sp³-hybridized carbons (Fsp3) is 0.917. The van der Waals surface area contributed by atoms with E-state index < -0.39 is 0 Å². The molecule has 0 rings (SSSR count). The number of nitrogens with one attached hydrogen (secondary N) is 1. The van der Waals surface area contributed by atoms with Gasteiger partial charge in [0, 0.05) is 32.6 Å². The summed E-state index contributed by atoms with van der Waals surface area (Å²) in [7, 11) is 0. The minimum atomic E-state index is 0.228. The Morgan fingerprint density at radius 3 is 2.19 bits per heavy atom. The van der Waals surface area contributed by atoms with Crippen LogP contribution in [0.1, 0.15) is 40.5 Å². The molecule has 0 aliphatic heterocycles. The Hall–Kier alpha value is -0.610. The maximum atomic E-state index is 12.0. The molecule has 0 aliphatic carbocycles. The highest BCUT2D eigenvalue weighted by atomic mass is 16.2. The fourth-order valence-electron chi connectivity index (χ4n) is 1.70. The second-order valence-electron chi connectivity index (χ2n) is 3.76. The summed E-state index contributed by atoms with van der Waals surface area (Å²) in [6, 6.07) is 0. The predicted octanol–water partition coefficient (Wildman–Crippen LogP) is 1.48. The maximum absolute atomic E-state index is 12.0. The van der Waals surface area contributed by atoms with E-state index in [0.717, 1.165) is 39.1 Å². The Labute approximate surface area is 100.0 Å². The van der Waals surface area contributed by atoms with Crippen LogP contribution in [0, 0.1) is 0 Å². The monoisotopic (exact) mass is 229 g/mol. The van der Waals surface area contributed by atoms with E-state index in [0.29, 0.717) is 6.42 Å². The number of hydrogen-bond acceptors (Lipinski definition) is 3. The van der Waals surface area contributed by atoms with Crippen LogP contribution >= 0.6 is 0 Å². The molecule has 0 atom stereocenters. The van der Waals surface area contributed by atoms with Crippen molar-refractivity contribution in [1.29, 1.82) is 0 Å². The minimum absolute atomic E-state index is 0.228. The molecule has 0 saturated carbocycles. The van der Waals surface area contributed by atoms with Crippen molar-refractivity contribution in [2.24, 2.45) is 0 Å². The van der Waals surface area contributed by atoms with Crippen LogP contribution in [-0.2, 0) is 4.79 Å². The molecule has 1 amide bonds. The highest BCUT2D eigenvalue weighted by Crippen LogP contribution is 2.02. The molecule has 0 unspecified atom stereocenters. The summed E-state index contributed by atoms with van der Waals surface area (Å²) in [4.78, 5) is 12.0. The molecular formula is C12H27N3O. The number of amides is 1. The van der Waals surface area contributed by atoms with Gasteiger partial charge in [-0.2, -0.15) is 0 Å². The van der Waals surface area contributed by atoms with Gasteiger partial charge in [-0.3, -0.25) is 9.80 Å². The van der Waals surface area contributed by atoms with Gasteiger partial charge in [-0.05, 0) is 13.0 Å². The molecule has 1 N–H and O–H groups in total. The zero-order valence-corrected chi connectivity index (χ0v) is 11.3. The predicted molar refractivity (Wildman–Crippen MR) is 68.1 cm³/mol. The van der Waals surface area contributed by atoms with E-state index in [-0.39, 0.29) is 5.91 Å². The summed E-state index contributed by atoms with van der Waals surface area (Å²) in [6.45, 7) is 12.6. The van der Waals surface area contributed by atoms with Gasteiger partial charge >= 0.3 is 0 Å². The normalized spacial score (nSPS) is 10.8. The Balaban J connectivity index is 4.21. The topological polar surface area (TPSA) is 35.6 Å². The maximum Gasteiger partial charge on any atom is 0.238 e. The highest BCUT2D eigenvalue weighted by molar-refractivity contribution is 5.75. The lowest BCUT2D eigenvalue weighted by Crippen LogP contribution is -2.47. The Morgan fingerprint density at radius 2 is 1.75 bits per heavy atom. The lowest BCUT2D eigenvalue weighted by molar-refractivity contribution is -0.148. The summed E-state index contributed by atoms with van der Waals surface area (Å²) in [5, 5.41) is 7.19. The third-order valence-electron chi connectivity index (χ3n) is 2.56. The van der Waals surface area contributed by atoms with Gasteiger partial charge in [0.2, 0.25) is 5.91 Å². The lowest BCUT2D eigenvalue weighted by Gasteiger charge is -2.33. The van der Waals surface area contributed by atoms with Crippen molar-refractivity contribution in [2.45, 2.75) is 40.5 Å². The zero-order chi connectivity index (χ0) is 12.4. The third-order valence-corrected chi connectivity index (χ3v) is 2.56. The molecule has 0 aliphatic rings. The van der Waals surface area contributed by atoms with Crippen molar-refractivity contribution in [1.82, 2.24) is 15.3 Å². The molecule has 0 saturated heterocycles. The van der Waals surface area contributed by atoms with Crippen LogP contribution in [0.5, 0.6) is 0 Å². The quantitative estimate of drug-likeness (QED) is 0.480. The van der Waals surface area contributed by atoms with E-state index in [1.807, 2.05) is 5.01 Å². The molecule has 0 aromatic heterocycles. The van der Waals surface area contributed by atoms with Gasteiger partial charge in [0.05, 0.1) is 0 Å². The summed E-state index contributed by atoms with van der Waals surface area (Å²) in [6.07, 6.45) is 1.59. The number of nitrogens with zero attached hydrogens (tertiary/aromatic N) is 2. The van der Waals surface area contributed by atoms with Gasteiger partial charge in [-0.1, -0.05) is 27.7 Å². The number of hydrazine groups is 1. The average Bonchev–Trinajstić information content (AvgIpc) is 2.29. The van der Waals surface area contributed by atoms with Gasteiger partial charge in [-0.25, -0.2) is 5.01 Å². The van der Waals surface area contributed by atoms with Crippen molar-refractivity contribution in [2.75, 3.05) is 32.7 Å². The van der Waals surface area contributed by atoms with E-state index in [1.165, 1.54) is 0 Å². The van der Waals surface area contributed by atoms with E-state index in [1.54, 1.807) is 0 Å². The summed E-state index contributed by atoms with van der Waals surface area (Å²) >= 11 is 0. The van der Waals surface area contributed by atoms with Gasteiger partial charge in [0.15, 0.2) is 0 Å². The van der Waals surface area contributed by atoms with Crippen LogP contribution in [0.25, 0.3) is 0 Å². The summed E-state index contributed by atoms with van der Waals surface area (Å²) in [5.41, 5.74) is 0. The minimum Gasteiger partial charge on any atom is -0.316 e. The van der Waals surface area contributed by atoms with E-state index in [9.17, 15) is 4.79 Å². The van der Waals surface area contributed by atoms with Crippen LogP contribution in [0.3, 0.4) is 0 Å². The molecule has 0 heterocycles. The first-order valence-corrected chi connectivity index (χ1v) is 6.47. The van der Waals surface area contributed by atoms with Crippen molar-refractivity contribution in [3.05, 3.63) is 0 Å². The summed E-state index contributed by atoms with van der Waals surface area (Å²) in [5.74, 6) is 0.228. The Bertz CT molecular complexity index is 181. The van der Waals surface area contributed by atoms with Crippen molar-refractivity contribution >= 4 is 5.91 Å². The third kappa shape index (κ3) is 5.47. The standard InChI is InChI=1S/C12H27N3O/c1-5-11-15(14(7-3)8-4)12(16)9-10-13-6-2/h13H,5-11H2,1-4H3. The van der Waals surface area contributed by atoms with Crippen LogP contribution in [0.2, 0.25) is 0 Å². The molecular weight excluding hydrogens is 202 g/mol. The molecule has 0 radical (unpaired) electrons. The zero-order valence-electron chi connectivity index (χ0n) is 11.3. The van der Waals surface area contributed by atoms with Gasteiger partial charge in [-0.15, -0.1) is 0 Å². The van der Waals surface area contributed by atoms with Crippen molar-refractivity contribution in [3.8, 4) is 0 Å². The SMILES string of the molecule is CCCN(C(=O)CCNCC)N(CC)CC. The molecule has 4 nitrogen and oxygen atoms in total. The molecule has 0 fully saturated rings. The molecule has 16 heavy (non-hydrogen) atoms. The molecule has 0 bridgehead atoms. The molecule has 96 valence electrons. The van der Waals surface area contributed by atoms with Crippen LogP contribution in [-0.4, -0.2) is 48.6 Å². The molecule has 0 spiro atoms. The first kappa shape index (κ1) is 15.4. The van der Waals surface area contributed by atoms with Crippen LogP contribution in [0.4, 0.5) is 0 Å². The first-order chi connectivity index (χ1) is 7.71. The average molecular weight is 229 g/mol. The number of hydrogen-bond donors (Lipinski definition) is 1. The smallest absolute Gasteiger partial charge is 0.238 e. The fourth-order valence-corrected chi connectivity index (χ4v) is 1.70. The highest BCUT2D eigenvalue weighted by Gasteiger charge is 2.17. The number of carbonyl (C=O) groups is 1. The van der Waals surface area contributed by atoms with Crippen LogP contribution in [0.15, 0.2) is 0 Å². The Morgan fingerprint density at radius 1 is 1.12 bits per heavy atom. The summed E-state index contributed by atoms with van der Waals surface area (Å²) < 4.78 is 0. The van der Waals surface area contributed by atoms with Gasteiger partial charge in [0.25, 0.3) is 0 Å². The lowest BCUT2D eigenvalue weighted by atomic mass is 10.3. The number of carbonyl (C=O) groups excluding carboxylic acids is 1. The molecule has 0 aromatic rings. The second kappa shape index (κ2) is 9.60. The number of rotatable bonds is 9.